The zero-order chi connectivity index (χ0) is 22.6. The number of anilines is 1. The van der Waals surface area contributed by atoms with E-state index in [2.05, 4.69) is 5.32 Å². The second-order valence-corrected chi connectivity index (χ2v) is 8.96. The van der Waals surface area contributed by atoms with Crippen LogP contribution in [0.5, 0.6) is 0 Å². The van der Waals surface area contributed by atoms with Crippen LogP contribution in [0.15, 0.2) is 47.4 Å². The number of nitrogens with zero attached hydrogens (tertiary/aromatic N) is 2. The first kappa shape index (κ1) is 22.4. The number of rotatable bonds is 7. The van der Waals surface area contributed by atoms with Gasteiger partial charge in [0.2, 0.25) is 10.0 Å². The smallest absolute Gasteiger partial charge is 0.338 e. The molecule has 10 nitrogen and oxygen atoms in total. The fourth-order valence-corrected chi connectivity index (χ4v) is 4.72. The molecule has 1 saturated heterocycles. The van der Waals surface area contributed by atoms with Crippen molar-refractivity contribution in [2.75, 3.05) is 25.0 Å². The molecule has 1 N–H and O–H groups in total. The summed E-state index contributed by atoms with van der Waals surface area (Å²) in [7, 11) is -3.69. The molecule has 1 amide bonds. The Hall–Kier alpha value is -3.31. The van der Waals surface area contributed by atoms with Crippen LogP contribution in [0, 0.1) is 17.0 Å². The zero-order valence-electron chi connectivity index (χ0n) is 16.7. The van der Waals surface area contributed by atoms with E-state index in [1.54, 1.807) is 6.92 Å². The van der Waals surface area contributed by atoms with Crippen LogP contribution in [0.25, 0.3) is 0 Å². The summed E-state index contributed by atoms with van der Waals surface area (Å²) in [6.45, 7) is 1.82. The highest BCUT2D eigenvalue weighted by Gasteiger charge is 2.27. The van der Waals surface area contributed by atoms with Crippen LogP contribution >= 0.6 is 0 Å². The Morgan fingerprint density at radius 2 is 1.87 bits per heavy atom. The highest BCUT2D eigenvalue weighted by atomic mass is 32.2. The molecule has 2 aromatic rings. The largest absolute Gasteiger partial charge is 0.452 e. The number of aryl methyl sites for hydroxylation is 1. The van der Waals surface area contributed by atoms with Crippen molar-refractivity contribution in [2.45, 2.75) is 24.7 Å². The summed E-state index contributed by atoms with van der Waals surface area (Å²) in [4.78, 5) is 34.8. The standard InChI is InChI=1S/C20H21N3O7S/c1-14-7-8-16(12-18(14)23(26)27)21-19(24)13-30-20(25)15-5-4-6-17(11-15)31(28,29)22-9-2-3-10-22/h4-8,11-12H,2-3,9-10,13H2,1H3,(H,21,24). The van der Waals surface area contributed by atoms with E-state index in [1.165, 1.54) is 46.8 Å². The molecule has 0 unspecified atom stereocenters. The van der Waals surface area contributed by atoms with Crippen molar-refractivity contribution in [3.63, 3.8) is 0 Å². The van der Waals surface area contributed by atoms with E-state index in [0.29, 0.717) is 18.7 Å². The minimum absolute atomic E-state index is 0.000884. The van der Waals surface area contributed by atoms with Crippen LogP contribution in [-0.4, -0.2) is 49.2 Å². The molecule has 0 bridgehead atoms. The van der Waals surface area contributed by atoms with Gasteiger partial charge in [-0.05, 0) is 44.0 Å². The zero-order valence-corrected chi connectivity index (χ0v) is 17.6. The van der Waals surface area contributed by atoms with Gasteiger partial charge in [0.1, 0.15) is 0 Å². The number of hydrogen-bond acceptors (Lipinski definition) is 7. The fraction of sp³-hybridized carbons (Fsp3) is 0.300. The number of nitrogens with one attached hydrogen (secondary N) is 1. The number of ether oxygens (including phenoxy) is 1. The number of nitro benzene ring substituents is 1. The lowest BCUT2D eigenvalue weighted by atomic mass is 10.2. The van der Waals surface area contributed by atoms with Gasteiger partial charge in [-0.1, -0.05) is 12.1 Å². The van der Waals surface area contributed by atoms with E-state index in [1.807, 2.05) is 0 Å². The van der Waals surface area contributed by atoms with E-state index in [0.717, 1.165) is 12.8 Å². The number of sulfonamides is 1. The summed E-state index contributed by atoms with van der Waals surface area (Å²) in [6.07, 6.45) is 1.58. The summed E-state index contributed by atoms with van der Waals surface area (Å²) in [5.41, 5.74) is 0.486. The number of nitro groups is 1. The minimum Gasteiger partial charge on any atom is -0.452 e. The lowest BCUT2D eigenvalue weighted by Gasteiger charge is -2.15. The molecule has 3 rings (SSSR count). The summed E-state index contributed by atoms with van der Waals surface area (Å²) < 4.78 is 31.6. The molecule has 164 valence electrons. The van der Waals surface area contributed by atoms with Gasteiger partial charge in [0.25, 0.3) is 11.6 Å². The Kier molecular flexibility index (Phi) is 6.66. The van der Waals surface area contributed by atoms with E-state index in [-0.39, 0.29) is 21.8 Å². The van der Waals surface area contributed by atoms with Crippen LogP contribution in [-0.2, 0) is 19.6 Å². The first-order valence-electron chi connectivity index (χ1n) is 9.51. The Morgan fingerprint density at radius 1 is 1.16 bits per heavy atom. The van der Waals surface area contributed by atoms with Crippen molar-refractivity contribution in [1.29, 1.82) is 0 Å². The maximum Gasteiger partial charge on any atom is 0.338 e. The number of carbonyl (C=O) groups excluding carboxylic acids is 2. The van der Waals surface area contributed by atoms with E-state index >= 15 is 0 Å². The Morgan fingerprint density at radius 3 is 2.55 bits per heavy atom. The Labute approximate surface area is 179 Å². The molecule has 1 heterocycles. The molecule has 1 aliphatic heterocycles. The van der Waals surface area contributed by atoms with Gasteiger partial charge in [0, 0.05) is 30.4 Å². The molecule has 0 atom stereocenters. The quantitative estimate of drug-likeness (QED) is 0.391. The molecule has 1 fully saturated rings. The number of benzene rings is 2. The van der Waals surface area contributed by atoms with Gasteiger partial charge in [-0.25, -0.2) is 13.2 Å². The third-order valence-electron chi connectivity index (χ3n) is 4.80. The summed E-state index contributed by atoms with van der Waals surface area (Å²) >= 11 is 0. The highest BCUT2D eigenvalue weighted by molar-refractivity contribution is 7.89. The van der Waals surface area contributed by atoms with Crippen molar-refractivity contribution in [3.05, 3.63) is 63.7 Å². The van der Waals surface area contributed by atoms with Crippen LogP contribution in [0.3, 0.4) is 0 Å². The van der Waals surface area contributed by atoms with Gasteiger partial charge in [0.05, 0.1) is 15.4 Å². The van der Waals surface area contributed by atoms with Gasteiger partial charge in [0.15, 0.2) is 6.61 Å². The normalized spacial score (nSPS) is 14.2. The van der Waals surface area contributed by atoms with E-state index in [4.69, 9.17) is 4.74 Å². The van der Waals surface area contributed by atoms with Crippen LogP contribution in [0.2, 0.25) is 0 Å². The number of carbonyl (C=O) groups is 2. The topological polar surface area (TPSA) is 136 Å². The Bertz CT molecular complexity index is 1130. The average molecular weight is 447 g/mol. The van der Waals surface area contributed by atoms with Crippen molar-refractivity contribution in [1.82, 2.24) is 4.31 Å². The molecular formula is C20H21N3O7S. The van der Waals surface area contributed by atoms with Gasteiger partial charge in [-0.2, -0.15) is 4.31 Å². The molecule has 0 radical (unpaired) electrons. The third-order valence-corrected chi connectivity index (χ3v) is 6.69. The summed E-state index contributed by atoms with van der Waals surface area (Å²) in [5.74, 6) is -1.55. The van der Waals surface area contributed by atoms with Crippen LogP contribution in [0.1, 0.15) is 28.8 Å². The first-order valence-corrected chi connectivity index (χ1v) is 10.9. The maximum atomic E-state index is 12.6. The SMILES string of the molecule is Cc1ccc(NC(=O)COC(=O)c2cccc(S(=O)(=O)N3CCCC3)c2)cc1[N+](=O)[O-]. The summed E-state index contributed by atoms with van der Waals surface area (Å²) in [6, 6.07) is 9.65. The minimum atomic E-state index is -3.69. The molecule has 0 saturated carbocycles. The first-order chi connectivity index (χ1) is 14.7. The molecule has 11 heteroatoms. The molecular weight excluding hydrogens is 426 g/mol. The lowest BCUT2D eigenvalue weighted by molar-refractivity contribution is -0.385. The van der Waals surface area contributed by atoms with Crippen molar-refractivity contribution in [2.24, 2.45) is 0 Å². The second kappa shape index (κ2) is 9.23. The second-order valence-electron chi connectivity index (χ2n) is 7.02. The Balaban J connectivity index is 1.63. The number of amides is 1. The third kappa shape index (κ3) is 5.25. The monoisotopic (exact) mass is 447 g/mol. The van der Waals surface area contributed by atoms with E-state index in [9.17, 15) is 28.1 Å². The average Bonchev–Trinajstić information content (AvgIpc) is 3.29. The maximum absolute atomic E-state index is 12.6. The number of esters is 1. The van der Waals surface area contributed by atoms with Gasteiger partial charge in [-0.15, -0.1) is 0 Å². The van der Waals surface area contributed by atoms with E-state index < -0.39 is 33.4 Å². The van der Waals surface area contributed by atoms with Gasteiger partial charge < -0.3 is 10.1 Å². The molecule has 2 aromatic carbocycles. The number of hydrogen-bond donors (Lipinski definition) is 1. The summed E-state index contributed by atoms with van der Waals surface area (Å²) in [5, 5.41) is 13.4. The fourth-order valence-electron chi connectivity index (χ4n) is 3.16. The van der Waals surface area contributed by atoms with Gasteiger partial charge >= 0.3 is 5.97 Å². The predicted molar refractivity (Wildman–Crippen MR) is 111 cm³/mol. The van der Waals surface area contributed by atoms with Crippen LogP contribution < -0.4 is 5.32 Å². The predicted octanol–water partition coefficient (Wildman–Crippen LogP) is 2.48. The molecule has 1 aliphatic rings. The molecule has 0 aromatic heterocycles. The van der Waals surface area contributed by atoms with Crippen molar-refractivity contribution < 1.29 is 27.7 Å². The molecule has 31 heavy (non-hydrogen) atoms. The highest BCUT2D eigenvalue weighted by Crippen LogP contribution is 2.23. The van der Waals surface area contributed by atoms with Crippen molar-refractivity contribution in [3.8, 4) is 0 Å². The van der Waals surface area contributed by atoms with Crippen LogP contribution in [0.4, 0.5) is 11.4 Å². The van der Waals surface area contributed by atoms with Gasteiger partial charge in [-0.3, -0.25) is 14.9 Å². The molecule has 0 aliphatic carbocycles. The lowest BCUT2D eigenvalue weighted by Crippen LogP contribution is -2.28. The molecule has 0 spiro atoms. The van der Waals surface area contributed by atoms with Crippen molar-refractivity contribution >= 4 is 33.3 Å².